The molecule has 2 aromatic heterocycles. The molecule has 1 N–H and O–H groups in total. The zero-order valence-corrected chi connectivity index (χ0v) is 11.0. The molecule has 0 aromatic carbocycles. The van der Waals surface area contributed by atoms with Gasteiger partial charge in [-0.25, -0.2) is 0 Å². The van der Waals surface area contributed by atoms with E-state index >= 15 is 0 Å². The minimum Gasteiger partial charge on any atom is -0.451 e. The lowest BCUT2D eigenvalue weighted by Gasteiger charge is -2.03. The molecule has 0 saturated carbocycles. The van der Waals surface area contributed by atoms with Gasteiger partial charge < -0.3 is 9.52 Å². The summed E-state index contributed by atoms with van der Waals surface area (Å²) < 4.78 is 6.59. The molecule has 0 amide bonds. The van der Waals surface area contributed by atoms with E-state index < -0.39 is 6.10 Å². The molecule has 0 fully saturated rings. The fourth-order valence-corrected chi connectivity index (χ4v) is 2.76. The Morgan fingerprint density at radius 1 is 1.53 bits per heavy atom. The molecular formula is C10H8BrClO2S. The van der Waals surface area contributed by atoms with E-state index in [9.17, 15) is 5.11 Å². The van der Waals surface area contributed by atoms with Crippen LogP contribution in [-0.2, 0) is 0 Å². The molecule has 0 saturated heterocycles. The molecule has 2 nitrogen and oxygen atoms in total. The number of thiophene rings is 1. The number of halogens is 2. The van der Waals surface area contributed by atoms with Crippen LogP contribution in [0.5, 0.6) is 0 Å². The Morgan fingerprint density at radius 2 is 2.27 bits per heavy atom. The summed E-state index contributed by atoms with van der Waals surface area (Å²) in [4.78, 5) is 0.791. The van der Waals surface area contributed by atoms with Gasteiger partial charge in [0, 0.05) is 4.88 Å². The van der Waals surface area contributed by atoms with Crippen LogP contribution in [0.2, 0.25) is 4.34 Å². The number of hydrogen-bond acceptors (Lipinski definition) is 3. The molecule has 80 valence electrons. The second-order valence-electron chi connectivity index (χ2n) is 3.15. The maximum absolute atomic E-state index is 9.98. The Hall–Kier alpha value is -0.290. The van der Waals surface area contributed by atoms with Crippen LogP contribution in [-0.4, -0.2) is 5.11 Å². The molecule has 0 spiro atoms. The molecule has 0 aliphatic carbocycles. The maximum atomic E-state index is 9.98. The van der Waals surface area contributed by atoms with Gasteiger partial charge >= 0.3 is 0 Å². The molecule has 1 atom stereocenters. The second-order valence-corrected chi connectivity index (χ2v) is 5.62. The summed E-state index contributed by atoms with van der Waals surface area (Å²) in [6.07, 6.45) is -0.743. The van der Waals surface area contributed by atoms with E-state index in [0.29, 0.717) is 14.8 Å². The first kappa shape index (κ1) is 11.2. The van der Waals surface area contributed by atoms with E-state index in [1.807, 2.05) is 13.0 Å². The van der Waals surface area contributed by atoms with Gasteiger partial charge in [0.15, 0.2) is 4.67 Å². The van der Waals surface area contributed by atoms with Crippen molar-refractivity contribution in [1.82, 2.24) is 0 Å². The van der Waals surface area contributed by atoms with Crippen LogP contribution in [0.3, 0.4) is 0 Å². The van der Waals surface area contributed by atoms with Crippen LogP contribution in [0.15, 0.2) is 27.3 Å². The van der Waals surface area contributed by atoms with Crippen molar-refractivity contribution in [3.05, 3.63) is 43.4 Å². The van der Waals surface area contributed by atoms with Gasteiger partial charge in [0.25, 0.3) is 0 Å². The van der Waals surface area contributed by atoms with Gasteiger partial charge in [0.05, 0.1) is 4.34 Å². The molecule has 2 rings (SSSR count). The predicted molar refractivity (Wildman–Crippen MR) is 64.5 cm³/mol. The highest BCUT2D eigenvalue weighted by Crippen LogP contribution is 2.34. The van der Waals surface area contributed by atoms with Crippen molar-refractivity contribution in [1.29, 1.82) is 0 Å². The molecule has 1 unspecified atom stereocenters. The lowest BCUT2D eigenvalue weighted by Crippen LogP contribution is -1.94. The molecular weight excluding hydrogens is 300 g/mol. The third-order valence-electron chi connectivity index (χ3n) is 2.01. The van der Waals surface area contributed by atoms with Gasteiger partial charge in [-0.3, -0.25) is 0 Å². The van der Waals surface area contributed by atoms with Gasteiger partial charge in [0.1, 0.15) is 11.9 Å². The average Bonchev–Trinajstić information content (AvgIpc) is 2.74. The maximum Gasteiger partial charge on any atom is 0.169 e. The number of aliphatic hydroxyl groups excluding tert-OH is 1. The number of hydrogen-bond donors (Lipinski definition) is 1. The topological polar surface area (TPSA) is 33.4 Å². The van der Waals surface area contributed by atoms with Gasteiger partial charge in [-0.1, -0.05) is 11.6 Å². The van der Waals surface area contributed by atoms with Crippen molar-refractivity contribution in [2.24, 2.45) is 0 Å². The Morgan fingerprint density at radius 3 is 2.73 bits per heavy atom. The second kappa shape index (κ2) is 4.29. The van der Waals surface area contributed by atoms with Crippen LogP contribution >= 0.6 is 38.9 Å². The molecule has 0 aliphatic heterocycles. The first-order valence-corrected chi connectivity index (χ1v) is 6.26. The number of aliphatic hydroxyl groups is 1. The number of furan rings is 1. The van der Waals surface area contributed by atoms with Crippen molar-refractivity contribution < 1.29 is 9.52 Å². The minimum atomic E-state index is -0.743. The monoisotopic (exact) mass is 306 g/mol. The van der Waals surface area contributed by atoms with Crippen molar-refractivity contribution in [2.75, 3.05) is 0 Å². The Balaban J connectivity index is 2.31. The summed E-state index contributed by atoms with van der Waals surface area (Å²) in [5, 5.41) is 9.98. The first-order valence-electron chi connectivity index (χ1n) is 4.27. The Bertz CT molecular complexity index is 458. The van der Waals surface area contributed by atoms with Crippen molar-refractivity contribution in [3.8, 4) is 0 Å². The van der Waals surface area contributed by atoms with Gasteiger partial charge in [-0.2, -0.15) is 0 Å². The Labute approximate surface area is 105 Å². The third kappa shape index (κ3) is 2.28. The molecule has 0 bridgehead atoms. The first-order chi connectivity index (χ1) is 7.08. The van der Waals surface area contributed by atoms with Crippen LogP contribution < -0.4 is 0 Å². The van der Waals surface area contributed by atoms with E-state index in [2.05, 4.69) is 15.9 Å². The lowest BCUT2D eigenvalue weighted by atomic mass is 10.2. The van der Waals surface area contributed by atoms with Crippen molar-refractivity contribution >= 4 is 38.9 Å². The van der Waals surface area contributed by atoms with E-state index in [1.165, 1.54) is 11.3 Å². The number of aryl methyl sites for hydroxylation is 1. The predicted octanol–water partition coefficient (Wildman–Crippen LogP) is 4.15. The van der Waals surface area contributed by atoms with E-state index in [1.54, 1.807) is 12.1 Å². The van der Waals surface area contributed by atoms with Crippen molar-refractivity contribution in [3.63, 3.8) is 0 Å². The molecule has 2 heterocycles. The van der Waals surface area contributed by atoms with Gasteiger partial charge in [0.2, 0.25) is 0 Å². The standard InChI is InChI=1S/C10H8BrClO2S/c1-5-4-7(15-10(5)12)9(13)6-2-3-8(11)14-6/h2-4,9,13H,1H3. The summed E-state index contributed by atoms with van der Waals surface area (Å²) in [6.45, 7) is 1.91. The van der Waals surface area contributed by atoms with Crippen LogP contribution in [0.4, 0.5) is 0 Å². The van der Waals surface area contributed by atoms with Gasteiger partial charge in [-0.15, -0.1) is 11.3 Å². The normalized spacial score (nSPS) is 13.1. The zero-order chi connectivity index (χ0) is 11.0. The summed E-state index contributed by atoms with van der Waals surface area (Å²) >= 11 is 10.5. The fourth-order valence-electron chi connectivity index (χ4n) is 1.23. The summed E-state index contributed by atoms with van der Waals surface area (Å²) in [6, 6.07) is 5.35. The van der Waals surface area contributed by atoms with Crippen LogP contribution in [0, 0.1) is 6.92 Å². The van der Waals surface area contributed by atoms with Gasteiger partial charge in [-0.05, 0) is 46.6 Å². The number of rotatable bonds is 2. The molecule has 0 aliphatic rings. The van der Waals surface area contributed by atoms with Crippen LogP contribution in [0.1, 0.15) is 22.3 Å². The quantitative estimate of drug-likeness (QED) is 0.904. The third-order valence-corrected chi connectivity index (χ3v) is 4.04. The summed E-state index contributed by atoms with van der Waals surface area (Å²) in [5.41, 5.74) is 0.973. The highest BCUT2D eigenvalue weighted by Gasteiger charge is 2.17. The highest BCUT2D eigenvalue weighted by atomic mass is 79.9. The highest BCUT2D eigenvalue weighted by molar-refractivity contribution is 9.10. The molecule has 0 radical (unpaired) electrons. The molecule has 2 aromatic rings. The van der Waals surface area contributed by atoms with Crippen LogP contribution in [0.25, 0.3) is 0 Å². The van der Waals surface area contributed by atoms with E-state index in [-0.39, 0.29) is 0 Å². The van der Waals surface area contributed by atoms with E-state index in [0.717, 1.165) is 10.4 Å². The molecule has 5 heteroatoms. The molecule has 15 heavy (non-hydrogen) atoms. The van der Waals surface area contributed by atoms with Crippen molar-refractivity contribution in [2.45, 2.75) is 13.0 Å². The SMILES string of the molecule is Cc1cc(C(O)c2ccc(Br)o2)sc1Cl. The average molecular weight is 308 g/mol. The minimum absolute atomic E-state index is 0.514. The fraction of sp³-hybridized carbons (Fsp3) is 0.200. The van der Waals surface area contributed by atoms with E-state index in [4.69, 9.17) is 16.0 Å². The smallest absolute Gasteiger partial charge is 0.169 e. The zero-order valence-electron chi connectivity index (χ0n) is 7.83. The lowest BCUT2D eigenvalue weighted by molar-refractivity contribution is 0.191. The Kier molecular flexibility index (Phi) is 3.21. The largest absolute Gasteiger partial charge is 0.451 e. The summed E-state index contributed by atoms with van der Waals surface area (Å²) in [7, 11) is 0. The summed E-state index contributed by atoms with van der Waals surface area (Å²) in [5.74, 6) is 0.514.